The van der Waals surface area contributed by atoms with Crippen LogP contribution in [0, 0.1) is 5.41 Å². The molecule has 1 aliphatic heterocycles. The summed E-state index contributed by atoms with van der Waals surface area (Å²) in [5.41, 5.74) is 1.03. The molecule has 1 aromatic rings. The third-order valence-electron chi connectivity index (χ3n) is 4.41. The normalized spacial score (nSPS) is 20.4. The molecule has 0 bridgehead atoms. The average molecular weight is 259 g/mol. The van der Waals surface area contributed by atoms with E-state index in [1.165, 1.54) is 12.0 Å². The average Bonchev–Trinajstić information content (AvgIpc) is 2.47. The first-order valence-electron chi connectivity index (χ1n) is 7.42. The lowest BCUT2D eigenvalue weighted by Gasteiger charge is -2.40. The van der Waals surface area contributed by atoms with E-state index in [-0.39, 0.29) is 11.5 Å². The Kier molecular flexibility index (Phi) is 4.28. The van der Waals surface area contributed by atoms with Gasteiger partial charge in [0.2, 0.25) is 5.91 Å². The van der Waals surface area contributed by atoms with E-state index in [4.69, 9.17) is 0 Å². The number of amides is 1. The second-order valence-electron chi connectivity index (χ2n) is 6.16. The molecule has 104 valence electrons. The quantitative estimate of drug-likeness (QED) is 0.797. The highest BCUT2D eigenvalue weighted by molar-refractivity contribution is 5.82. The van der Waals surface area contributed by atoms with Gasteiger partial charge in [-0.1, -0.05) is 51.1 Å². The lowest BCUT2D eigenvalue weighted by molar-refractivity contribution is -0.144. The van der Waals surface area contributed by atoms with Gasteiger partial charge in [-0.2, -0.15) is 0 Å². The minimum absolute atomic E-state index is 0.246. The summed E-state index contributed by atoms with van der Waals surface area (Å²) in [5.74, 6) is 0.309. The summed E-state index contributed by atoms with van der Waals surface area (Å²) < 4.78 is 0. The smallest absolute Gasteiger partial charge is 0.228 e. The molecular formula is C17H25NO. The Labute approximate surface area is 116 Å². The summed E-state index contributed by atoms with van der Waals surface area (Å²) in [6.07, 6.45) is 4.34. The second kappa shape index (κ2) is 5.77. The molecule has 1 aliphatic rings. The van der Waals surface area contributed by atoms with Crippen molar-refractivity contribution >= 4 is 5.91 Å². The van der Waals surface area contributed by atoms with Crippen LogP contribution in [0.1, 0.15) is 58.1 Å². The van der Waals surface area contributed by atoms with Gasteiger partial charge in [0, 0.05) is 12.0 Å². The van der Waals surface area contributed by atoms with Gasteiger partial charge >= 0.3 is 0 Å². The largest absolute Gasteiger partial charge is 0.335 e. The zero-order valence-corrected chi connectivity index (χ0v) is 12.4. The molecule has 0 aliphatic carbocycles. The molecule has 2 heteroatoms. The zero-order valence-electron chi connectivity index (χ0n) is 12.4. The number of likely N-dealkylation sites (tertiary alicyclic amines) is 1. The number of hydrogen-bond acceptors (Lipinski definition) is 1. The predicted octanol–water partition coefficient (Wildman–Crippen LogP) is 4.18. The standard InChI is InChI=1S/C17H25NO/c1-4-17(2,3)16(19)18-13-9-8-12-15(18)14-10-6-5-7-11-14/h5-7,10-11,15H,4,8-9,12-13H2,1-3H3. The van der Waals surface area contributed by atoms with Crippen molar-refractivity contribution in [3.8, 4) is 0 Å². The van der Waals surface area contributed by atoms with Crippen molar-refractivity contribution in [3.05, 3.63) is 35.9 Å². The summed E-state index contributed by atoms with van der Waals surface area (Å²) in [7, 11) is 0. The molecule has 0 radical (unpaired) electrons. The van der Waals surface area contributed by atoms with Gasteiger partial charge in [0.15, 0.2) is 0 Å². The molecule has 1 heterocycles. The lowest BCUT2D eigenvalue weighted by atomic mass is 9.85. The zero-order chi connectivity index (χ0) is 13.9. The van der Waals surface area contributed by atoms with E-state index in [2.05, 4.69) is 49.9 Å². The highest BCUT2D eigenvalue weighted by Crippen LogP contribution is 2.35. The number of nitrogens with zero attached hydrogens (tertiary/aromatic N) is 1. The maximum absolute atomic E-state index is 12.8. The molecule has 0 spiro atoms. The van der Waals surface area contributed by atoms with Crippen molar-refractivity contribution in [3.63, 3.8) is 0 Å². The van der Waals surface area contributed by atoms with Crippen LogP contribution in [-0.4, -0.2) is 17.4 Å². The minimum Gasteiger partial charge on any atom is -0.335 e. The Morgan fingerprint density at radius 2 is 1.95 bits per heavy atom. The van der Waals surface area contributed by atoms with E-state index in [0.29, 0.717) is 5.91 Å². The first kappa shape index (κ1) is 14.1. The van der Waals surface area contributed by atoms with Gasteiger partial charge in [0.25, 0.3) is 0 Å². The summed E-state index contributed by atoms with van der Waals surface area (Å²) in [6.45, 7) is 7.12. The van der Waals surface area contributed by atoms with E-state index in [1.807, 2.05) is 6.07 Å². The summed E-state index contributed by atoms with van der Waals surface area (Å²) in [6, 6.07) is 10.7. The number of rotatable bonds is 3. The molecule has 1 saturated heterocycles. The van der Waals surface area contributed by atoms with E-state index in [1.54, 1.807) is 0 Å². The minimum atomic E-state index is -0.246. The fourth-order valence-corrected chi connectivity index (χ4v) is 2.74. The maximum Gasteiger partial charge on any atom is 0.228 e. The third kappa shape index (κ3) is 2.99. The van der Waals surface area contributed by atoms with Crippen LogP contribution >= 0.6 is 0 Å². The molecule has 1 amide bonds. The third-order valence-corrected chi connectivity index (χ3v) is 4.41. The molecule has 1 aromatic carbocycles. The number of carbonyl (C=O) groups is 1. The Hall–Kier alpha value is -1.31. The summed E-state index contributed by atoms with van der Waals surface area (Å²) >= 11 is 0. The van der Waals surface area contributed by atoms with Crippen molar-refractivity contribution in [1.82, 2.24) is 4.90 Å². The first-order chi connectivity index (χ1) is 9.06. The molecule has 0 aromatic heterocycles. The lowest BCUT2D eigenvalue weighted by Crippen LogP contribution is -2.45. The van der Waals surface area contributed by atoms with E-state index in [0.717, 1.165) is 25.8 Å². The topological polar surface area (TPSA) is 20.3 Å². The van der Waals surface area contributed by atoms with Crippen LogP contribution < -0.4 is 0 Å². The highest BCUT2D eigenvalue weighted by atomic mass is 16.2. The molecule has 0 N–H and O–H groups in total. The van der Waals surface area contributed by atoms with Crippen LogP contribution in [0.3, 0.4) is 0 Å². The Morgan fingerprint density at radius 3 is 2.58 bits per heavy atom. The van der Waals surface area contributed by atoms with Gasteiger partial charge in [-0.15, -0.1) is 0 Å². The number of piperidine rings is 1. The molecule has 19 heavy (non-hydrogen) atoms. The van der Waals surface area contributed by atoms with E-state index < -0.39 is 0 Å². The van der Waals surface area contributed by atoms with Crippen molar-refractivity contribution in [2.24, 2.45) is 5.41 Å². The predicted molar refractivity (Wildman–Crippen MR) is 78.8 cm³/mol. The van der Waals surface area contributed by atoms with Crippen molar-refractivity contribution in [2.75, 3.05) is 6.54 Å². The van der Waals surface area contributed by atoms with Crippen molar-refractivity contribution in [2.45, 2.75) is 52.5 Å². The van der Waals surface area contributed by atoms with Crippen molar-refractivity contribution in [1.29, 1.82) is 0 Å². The molecule has 1 unspecified atom stereocenters. The van der Waals surface area contributed by atoms with Gasteiger partial charge < -0.3 is 4.90 Å². The van der Waals surface area contributed by atoms with Crippen LogP contribution in [0.25, 0.3) is 0 Å². The molecule has 2 nitrogen and oxygen atoms in total. The van der Waals surface area contributed by atoms with E-state index in [9.17, 15) is 4.79 Å². The monoisotopic (exact) mass is 259 g/mol. The SMILES string of the molecule is CCC(C)(C)C(=O)N1CCCCC1c1ccccc1. The van der Waals surface area contributed by atoms with Crippen LogP contribution in [0.5, 0.6) is 0 Å². The van der Waals surface area contributed by atoms with Gasteiger partial charge in [0.05, 0.1) is 6.04 Å². The molecule has 2 rings (SSSR count). The number of benzene rings is 1. The summed E-state index contributed by atoms with van der Waals surface area (Å²) in [5, 5.41) is 0. The molecule has 0 saturated carbocycles. The fraction of sp³-hybridized carbons (Fsp3) is 0.588. The van der Waals surface area contributed by atoms with Crippen LogP contribution in [-0.2, 0) is 4.79 Å². The molecule has 1 atom stereocenters. The van der Waals surface area contributed by atoms with Gasteiger partial charge in [0.1, 0.15) is 0 Å². The summed E-state index contributed by atoms with van der Waals surface area (Å²) in [4.78, 5) is 14.9. The molecule has 1 fully saturated rings. The Morgan fingerprint density at radius 1 is 1.26 bits per heavy atom. The maximum atomic E-state index is 12.8. The van der Waals surface area contributed by atoms with Gasteiger partial charge in [-0.25, -0.2) is 0 Å². The van der Waals surface area contributed by atoms with Gasteiger partial charge in [-0.05, 0) is 31.2 Å². The Bertz CT molecular complexity index is 424. The van der Waals surface area contributed by atoms with E-state index >= 15 is 0 Å². The van der Waals surface area contributed by atoms with Crippen LogP contribution in [0.2, 0.25) is 0 Å². The van der Waals surface area contributed by atoms with Crippen LogP contribution in [0.15, 0.2) is 30.3 Å². The highest BCUT2D eigenvalue weighted by Gasteiger charge is 2.35. The number of hydrogen-bond donors (Lipinski definition) is 0. The van der Waals surface area contributed by atoms with Crippen molar-refractivity contribution < 1.29 is 4.79 Å². The Balaban J connectivity index is 2.24. The molecular weight excluding hydrogens is 234 g/mol. The second-order valence-corrected chi connectivity index (χ2v) is 6.16. The fourth-order valence-electron chi connectivity index (χ4n) is 2.74. The van der Waals surface area contributed by atoms with Crippen LogP contribution in [0.4, 0.5) is 0 Å². The number of carbonyl (C=O) groups excluding carboxylic acids is 1. The van der Waals surface area contributed by atoms with Gasteiger partial charge in [-0.3, -0.25) is 4.79 Å². The first-order valence-corrected chi connectivity index (χ1v) is 7.42.